The molecule has 1 fully saturated rings. The van der Waals surface area contributed by atoms with Gasteiger partial charge in [-0.05, 0) is 26.2 Å². The monoisotopic (exact) mass is 274 g/mol. The van der Waals surface area contributed by atoms with Crippen molar-refractivity contribution in [2.24, 2.45) is 0 Å². The molecule has 2 amide bonds. The molecule has 1 aliphatic heterocycles. The highest BCUT2D eigenvalue weighted by Crippen LogP contribution is 2.23. The third-order valence-corrected chi connectivity index (χ3v) is 4.78. The average molecular weight is 274 g/mol. The zero-order chi connectivity index (χ0) is 13.4. The Labute approximate surface area is 115 Å². The number of carbonyl (C=O) groups is 1. The van der Waals surface area contributed by atoms with Crippen LogP contribution in [0.1, 0.15) is 33.1 Å². The number of nitrogens with zero attached hydrogens (tertiary/aromatic N) is 1. The maximum Gasteiger partial charge on any atom is 0.317 e. The quantitative estimate of drug-likeness (QED) is 0.756. The molecule has 0 spiro atoms. The van der Waals surface area contributed by atoms with Gasteiger partial charge >= 0.3 is 6.03 Å². The fourth-order valence-corrected chi connectivity index (χ4v) is 3.16. The van der Waals surface area contributed by atoms with Gasteiger partial charge in [-0.2, -0.15) is 11.8 Å². The number of hydrogen-bond acceptors (Lipinski definition) is 3. The topological polar surface area (TPSA) is 41.6 Å². The molecule has 2 atom stereocenters. The first-order valence-electron chi connectivity index (χ1n) is 6.82. The largest absolute Gasteiger partial charge is 0.385 e. The first-order valence-corrected chi connectivity index (χ1v) is 7.86. The Morgan fingerprint density at radius 3 is 2.89 bits per heavy atom. The second-order valence-corrected chi connectivity index (χ2v) is 6.28. The van der Waals surface area contributed by atoms with Crippen molar-refractivity contribution >= 4 is 17.8 Å². The standard InChI is InChI=1S/C13H26N2O2S/c1-11-12(2)18-10-8-15(11)13(16)14-7-5-4-6-9-17-3/h11-12H,4-10H2,1-3H3,(H,14,16)/t11-,12-/m1/s1. The fourth-order valence-electron chi connectivity index (χ4n) is 2.06. The summed E-state index contributed by atoms with van der Waals surface area (Å²) in [6.07, 6.45) is 3.21. The van der Waals surface area contributed by atoms with E-state index in [1.807, 2.05) is 16.7 Å². The van der Waals surface area contributed by atoms with Crippen LogP contribution in [0.25, 0.3) is 0 Å². The van der Waals surface area contributed by atoms with Crippen molar-refractivity contribution in [1.82, 2.24) is 10.2 Å². The van der Waals surface area contributed by atoms with Crippen LogP contribution in [0, 0.1) is 0 Å². The van der Waals surface area contributed by atoms with Gasteiger partial charge in [-0.3, -0.25) is 0 Å². The average Bonchev–Trinajstić information content (AvgIpc) is 2.36. The molecule has 0 aliphatic carbocycles. The van der Waals surface area contributed by atoms with Crippen LogP contribution in [0.3, 0.4) is 0 Å². The van der Waals surface area contributed by atoms with E-state index in [1.54, 1.807) is 7.11 Å². The van der Waals surface area contributed by atoms with Crippen LogP contribution in [-0.2, 0) is 4.74 Å². The van der Waals surface area contributed by atoms with Crippen molar-refractivity contribution in [3.05, 3.63) is 0 Å². The lowest BCUT2D eigenvalue weighted by atomic mass is 10.2. The number of methoxy groups -OCH3 is 1. The molecule has 1 heterocycles. The van der Waals surface area contributed by atoms with E-state index in [0.717, 1.165) is 44.7 Å². The molecule has 4 nitrogen and oxygen atoms in total. The summed E-state index contributed by atoms with van der Waals surface area (Å²) in [5.41, 5.74) is 0. The molecule has 5 heteroatoms. The summed E-state index contributed by atoms with van der Waals surface area (Å²) in [6, 6.07) is 0.429. The Hall–Kier alpha value is -0.420. The molecular formula is C13H26N2O2S. The van der Waals surface area contributed by atoms with E-state index < -0.39 is 0 Å². The minimum atomic E-state index is 0.0985. The van der Waals surface area contributed by atoms with Crippen LogP contribution in [-0.4, -0.2) is 54.8 Å². The molecule has 0 unspecified atom stereocenters. The number of thioether (sulfide) groups is 1. The molecule has 1 aliphatic rings. The Balaban J connectivity index is 2.15. The van der Waals surface area contributed by atoms with Gasteiger partial charge in [0.1, 0.15) is 0 Å². The van der Waals surface area contributed by atoms with Crippen molar-refractivity contribution in [1.29, 1.82) is 0 Å². The molecule has 1 N–H and O–H groups in total. The summed E-state index contributed by atoms with van der Waals surface area (Å²) in [4.78, 5) is 14.0. The number of carbonyl (C=O) groups excluding carboxylic acids is 1. The summed E-state index contributed by atoms with van der Waals surface area (Å²) in [6.45, 7) is 6.78. The number of rotatable bonds is 6. The van der Waals surface area contributed by atoms with E-state index in [0.29, 0.717) is 11.3 Å². The van der Waals surface area contributed by atoms with Gasteiger partial charge in [0.05, 0.1) is 0 Å². The molecule has 0 bridgehead atoms. The van der Waals surface area contributed by atoms with Gasteiger partial charge < -0.3 is 15.0 Å². The van der Waals surface area contributed by atoms with Crippen LogP contribution in [0.4, 0.5) is 4.79 Å². The molecule has 1 rings (SSSR count). The molecule has 0 aromatic carbocycles. The lowest BCUT2D eigenvalue weighted by molar-refractivity contribution is 0.179. The van der Waals surface area contributed by atoms with E-state index in [1.165, 1.54) is 0 Å². The summed E-state index contributed by atoms with van der Waals surface area (Å²) in [7, 11) is 1.72. The van der Waals surface area contributed by atoms with E-state index in [2.05, 4.69) is 19.2 Å². The van der Waals surface area contributed by atoms with E-state index >= 15 is 0 Å². The van der Waals surface area contributed by atoms with Gasteiger partial charge in [-0.25, -0.2) is 4.79 Å². The zero-order valence-corrected chi connectivity index (χ0v) is 12.6. The second-order valence-electron chi connectivity index (χ2n) is 4.80. The minimum absolute atomic E-state index is 0.0985. The fraction of sp³-hybridized carbons (Fsp3) is 0.923. The van der Waals surface area contributed by atoms with Crippen LogP contribution in [0.15, 0.2) is 0 Å². The van der Waals surface area contributed by atoms with Gasteiger partial charge in [0, 0.05) is 43.9 Å². The van der Waals surface area contributed by atoms with Gasteiger partial charge in [-0.1, -0.05) is 6.92 Å². The normalized spacial score (nSPS) is 24.1. The second kappa shape index (κ2) is 8.64. The van der Waals surface area contributed by atoms with Crippen molar-refractivity contribution in [2.45, 2.75) is 44.4 Å². The molecule has 0 aromatic rings. The maximum absolute atomic E-state index is 12.0. The highest BCUT2D eigenvalue weighted by Gasteiger charge is 2.28. The Bertz CT molecular complexity index is 251. The van der Waals surface area contributed by atoms with Crippen molar-refractivity contribution in [2.75, 3.05) is 32.6 Å². The molecule has 0 aromatic heterocycles. The van der Waals surface area contributed by atoms with Crippen LogP contribution >= 0.6 is 11.8 Å². The lowest BCUT2D eigenvalue weighted by Crippen LogP contribution is -2.52. The van der Waals surface area contributed by atoms with E-state index in [9.17, 15) is 4.79 Å². The minimum Gasteiger partial charge on any atom is -0.385 e. The predicted octanol–water partition coefficient (Wildman–Crippen LogP) is 2.34. The maximum atomic E-state index is 12.0. The summed E-state index contributed by atoms with van der Waals surface area (Å²) in [5.74, 6) is 1.05. The zero-order valence-electron chi connectivity index (χ0n) is 11.8. The molecule has 1 saturated heterocycles. The number of hydrogen-bond donors (Lipinski definition) is 1. The van der Waals surface area contributed by atoms with Crippen LogP contribution < -0.4 is 5.32 Å². The van der Waals surface area contributed by atoms with Crippen molar-refractivity contribution < 1.29 is 9.53 Å². The number of urea groups is 1. The highest BCUT2D eigenvalue weighted by molar-refractivity contribution is 8.00. The summed E-state index contributed by atoms with van der Waals surface area (Å²) in [5, 5.41) is 3.55. The first kappa shape index (κ1) is 15.6. The molecule has 0 saturated carbocycles. The summed E-state index contributed by atoms with van der Waals surface area (Å²) < 4.78 is 4.99. The molecular weight excluding hydrogens is 248 g/mol. The Morgan fingerprint density at radius 1 is 1.39 bits per heavy atom. The predicted molar refractivity (Wildman–Crippen MR) is 77.2 cm³/mol. The smallest absolute Gasteiger partial charge is 0.317 e. The van der Waals surface area contributed by atoms with E-state index in [4.69, 9.17) is 4.74 Å². The third-order valence-electron chi connectivity index (χ3n) is 3.45. The van der Waals surface area contributed by atoms with Gasteiger partial charge in [0.25, 0.3) is 0 Å². The first-order chi connectivity index (χ1) is 8.66. The SMILES string of the molecule is COCCCCCNC(=O)N1CCS[C@H](C)[C@H]1C. The number of unbranched alkanes of at least 4 members (excludes halogenated alkanes) is 2. The molecule has 18 heavy (non-hydrogen) atoms. The highest BCUT2D eigenvalue weighted by atomic mass is 32.2. The van der Waals surface area contributed by atoms with Gasteiger partial charge in [0.2, 0.25) is 0 Å². The number of amides is 2. The van der Waals surface area contributed by atoms with Gasteiger partial charge in [-0.15, -0.1) is 0 Å². The van der Waals surface area contributed by atoms with Crippen LogP contribution in [0.2, 0.25) is 0 Å². The number of ether oxygens (including phenoxy) is 1. The Morgan fingerprint density at radius 2 is 2.17 bits per heavy atom. The van der Waals surface area contributed by atoms with Crippen molar-refractivity contribution in [3.63, 3.8) is 0 Å². The lowest BCUT2D eigenvalue weighted by Gasteiger charge is -2.37. The summed E-state index contributed by atoms with van der Waals surface area (Å²) >= 11 is 1.95. The van der Waals surface area contributed by atoms with Crippen LogP contribution in [0.5, 0.6) is 0 Å². The van der Waals surface area contributed by atoms with E-state index in [-0.39, 0.29) is 6.03 Å². The van der Waals surface area contributed by atoms with Crippen molar-refractivity contribution in [3.8, 4) is 0 Å². The molecule has 0 radical (unpaired) electrons. The third kappa shape index (κ3) is 5.06. The van der Waals surface area contributed by atoms with Gasteiger partial charge in [0.15, 0.2) is 0 Å². The molecule has 106 valence electrons. The number of nitrogens with one attached hydrogen (secondary N) is 1. The Kier molecular flexibility index (Phi) is 7.51.